The van der Waals surface area contributed by atoms with Crippen molar-refractivity contribution >= 4 is 11.9 Å². The molecular weight excluding hydrogens is 243 g/mol. The Morgan fingerprint density at radius 2 is 1.68 bits per heavy atom. The highest BCUT2D eigenvalue weighted by Crippen LogP contribution is 2.13. The molecule has 19 heavy (non-hydrogen) atoms. The van der Waals surface area contributed by atoms with Gasteiger partial charge in [0.2, 0.25) is 0 Å². The third-order valence-electron chi connectivity index (χ3n) is 2.67. The molecule has 0 aromatic heterocycles. The van der Waals surface area contributed by atoms with Crippen molar-refractivity contribution in [3.8, 4) is 5.75 Å². The normalized spacial score (nSPS) is 10.6. The Kier molecular flexibility index (Phi) is 4.08. The summed E-state index contributed by atoms with van der Waals surface area (Å²) in [4.78, 5) is 11.9. The van der Waals surface area contributed by atoms with E-state index in [1.54, 1.807) is 49.6 Å². The minimum Gasteiger partial charge on any atom is -0.497 e. The van der Waals surface area contributed by atoms with Crippen molar-refractivity contribution in [2.45, 2.75) is 0 Å². The van der Waals surface area contributed by atoms with Gasteiger partial charge in [-0.2, -0.15) is 0 Å². The van der Waals surface area contributed by atoms with Gasteiger partial charge in [0.1, 0.15) is 11.6 Å². The van der Waals surface area contributed by atoms with Crippen LogP contribution in [-0.2, 0) is 0 Å². The van der Waals surface area contributed by atoms with E-state index in [0.717, 1.165) is 5.56 Å². The van der Waals surface area contributed by atoms with Gasteiger partial charge < -0.3 is 4.74 Å². The van der Waals surface area contributed by atoms with Gasteiger partial charge >= 0.3 is 0 Å². The van der Waals surface area contributed by atoms with Crippen LogP contribution in [0.2, 0.25) is 0 Å². The van der Waals surface area contributed by atoms with Gasteiger partial charge in [0.05, 0.1) is 7.11 Å². The van der Waals surface area contributed by atoms with E-state index in [-0.39, 0.29) is 11.6 Å². The Morgan fingerprint density at radius 3 is 2.26 bits per heavy atom. The highest BCUT2D eigenvalue weighted by Gasteiger charge is 2.01. The van der Waals surface area contributed by atoms with Crippen LogP contribution in [0.25, 0.3) is 6.08 Å². The Bertz CT molecular complexity index is 583. The summed E-state index contributed by atoms with van der Waals surface area (Å²) in [5, 5.41) is 0. The van der Waals surface area contributed by atoms with E-state index < -0.39 is 0 Å². The van der Waals surface area contributed by atoms with Gasteiger partial charge in [0.25, 0.3) is 0 Å². The molecule has 0 atom stereocenters. The summed E-state index contributed by atoms with van der Waals surface area (Å²) >= 11 is 0. The Morgan fingerprint density at radius 1 is 1.05 bits per heavy atom. The zero-order valence-corrected chi connectivity index (χ0v) is 10.5. The molecule has 0 bridgehead atoms. The van der Waals surface area contributed by atoms with Crippen molar-refractivity contribution in [2.24, 2.45) is 0 Å². The maximum Gasteiger partial charge on any atom is 0.185 e. The van der Waals surface area contributed by atoms with Gasteiger partial charge in [-0.3, -0.25) is 4.79 Å². The van der Waals surface area contributed by atoms with Crippen LogP contribution in [0.3, 0.4) is 0 Å². The molecule has 0 amide bonds. The Labute approximate surface area is 111 Å². The van der Waals surface area contributed by atoms with Crippen molar-refractivity contribution in [3.63, 3.8) is 0 Å². The second-order valence-electron chi connectivity index (χ2n) is 3.98. The number of rotatable bonds is 4. The Hall–Kier alpha value is -2.42. The minimum atomic E-state index is -0.293. The average Bonchev–Trinajstić information content (AvgIpc) is 2.46. The molecule has 3 heteroatoms. The predicted octanol–water partition coefficient (Wildman–Crippen LogP) is 3.73. The summed E-state index contributed by atoms with van der Waals surface area (Å²) in [7, 11) is 1.57. The van der Waals surface area contributed by atoms with Gasteiger partial charge in [0.15, 0.2) is 5.78 Å². The van der Waals surface area contributed by atoms with Gasteiger partial charge in [-0.15, -0.1) is 0 Å². The molecule has 0 unspecified atom stereocenters. The van der Waals surface area contributed by atoms with Crippen LogP contribution in [-0.4, -0.2) is 12.9 Å². The van der Waals surface area contributed by atoms with Crippen LogP contribution in [0.1, 0.15) is 15.9 Å². The molecule has 2 aromatic rings. The summed E-state index contributed by atoms with van der Waals surface area (Å²) < 4.78 is 17.7. The molecule has 0 fully saturated rings. The zero-order valence-electron chi connectivity index (χ0n) is 10.5. The maximum absolute atomic E-state index is 12.7. The van der Waals surface area contributed by atoms with Gasteiger partial charge in [-0.25, -0.2) is 4.39 Å². The highest BCUT2D eigenvalue weighted by molar-refractivity contribution is 6.06. The average molecular weight is 256 g/mol. The van der Waals surface area contributed by atoms with Crippen LogP contribution in [0.4, 0.5) is 4.39 Å². The molecule has 2 rings (SSSR count). The molecule has 2 nitrogen and oxygen atoms in total. The van der Waals surface area contributed by atoms with Crippen LogP contribution in [0, 0.1) is 5.82 Å². The first-order chi connectivity index (χ1) is 9.19. The number of ether oxygens (including phenoxy) is 1. The molecule has 0 radical (unpaired) electrons. The fourth-order valence-corrected chi connectivity index (χ4v) is 1.60. The summed E-state index contributed by atoms with van der Waals surface area (Å²) in [6.45, 7) is 0. The lowest BCUT2D eigenvalue weighted by Gasteiger charge is -2.00. The lowest BCUT2D eigenvalue weighted by atomic mass is 10.1. The third kappa shape index (κ3) is 3.52. The number of allylic oxidation sites excluding steroid dienone is 1. The van der Waals surface area contributed by atoms with Crippen LogP contribution >= 0.6 is 0 Å². The monoisotopic (exact) mass is 256 g/mol. The lowest BCUT2D eigenvalue weighted by molar-refractivity contribution is 0.104. The molecular formula is C16H13FO2. The summed E-state index contributed by atoms with van der Waals surface area (Å²) in [6, 6.07) is 12.8. The molecule has 0 heterocycles. The van der Waals surface area contributed by atoms with E-state index in [1.807, 2.05) is 0 Å². The SMILES string of the molecule is COc1ccc(C(=O)C=Cc2ccc(F)cc2)cc1. The number of carbonyl (C=O) groups excluding carboxylic acids is 1. The van der Waals surface area contributed by atoms with Gasteiger partial charge in [-0.05, 0) is 48.0 Å². The van der Waals surface area contributed by atoms with Crippen molar-refractivity contribution in [3.05, 3.63) is 71.6 Å². The molecule has 96 valence electrons. The number of carbonyl (C=O) groups is 1. The number of hydrogen-bond donors (Lipinski definition) is 0. The number of ketones is 1. The summed E-state index contributed by atoms with van der Waals surface area (Å²) in [5.41, 5.74) is 1.36. The van der Waals surface area contributed by atoms with Crippen molar-refractivity contribution in [2.75, 3.05) is 7.11 Å². The van der Waals surface area contributed by atoms with E-state index in [0.29, 0.717) is 11.3 Å². The summed E-state index contributed by atoms with van der Waals surface area (Å²) in [6.07, 6.45) is 3.13. The van der Waals surface area contributed by atoms with Gasteiger partial charge in [0, 0.05) is 5.56 Å². The summed E-state index contributed by atoms with van der Waals surface area (Å²) in [5.74, 6) is 0.310. The second kappa shape index (κ2) is 5.96. The van der Waals surface area contributed by atoms with Crippen LogP contribution in [0.15, 0.2) is 54.6 Å². The fraction of sp³-hybridized carbons (Fsp3) is 0.0625. The minimum absolute atomic E-state index is 0.105. The van der Waals surface area contributed by atoms with Crippen LogP contribution < -0.4 is 4.74 Å². The van der Waals surface area contributed by atoms with Crippen molar-refractivity contribution in [1.82, 2.24) is 0 Å². The quantitative estimate of drug-likeness (QED) is 0.615. The molecule has 0 aliphatic heterocycles. The largest absolute Gasteiger partial charge is 0.497 e. The first-order valence-electron chi connectivity index (χ1n) is 5.81. The number of hydrogen-bond acceptors (Lipinski definition) is 2. The first kappa shape index (κ1) is 13.0. The number of halogens is 1. The van der Waals surface area contributed by atoms with E-state index in [4.69, 9.17) is 4.74 Å². The predicted molar refractivity (Wildman–Crippen MR) is 72.8 cm³/mol. The van der Waals surface area contributed by atoms with E-state index in [9.17, 15) is 9.18 Å². The molecule has 0 N–H and O–H groups in total. The third-order valence-corrected chi connectivity index (χ3v) is 2.67. The molecule has 0 saturated heterocycles. The number of methoxy groups -OCH3 is 1. The topological polar surface area (TPSA) is 26.3 Å². The molecule has 0 spiro atoms. The maximum atomic E-state index is 12.7. The molecule has 0 saturated carbocycles. The van der Waals surface area contributed by atoms with Crippen molar-refractivity contribution in [1.29, 1.82) is 0 Å². The fourth-order valence-electron chi connectivity index (χ4n) is 1.60. The van der Waals surface area contributed by atoms with Crippen LogP contribution in [0.5, 0.6) is 5.75 Å². The zero-order chi connectivity index (χ0) is 13.7. The second-order valence-corrected chi connectivity index (χ2v) is 3.98. The lowest BCUT2D eigenvalue weighted by Crippen LogP contribution is -1.94. The first-order valence-corrected chi connectivity index (χ1v) is 5.81. The standard InChI is InChI=1S/C16H13FO2/c1-19-15-9-5-13(6-10-15)16(18)11-4-12-2-7-14(17)8-3-12/h2-11H,1H3. The van der Waals surface area contributed by atoms with Crippen molar-refractivity contribution < 1.29 is 13.9 Å². The Balaban J connectivity index is 2.09. The molecule has 0 aliphatic carbocycles. The smallest absolute Gasteiger partial charge is 0.185 e. The molecule has 2 aromatic carbocycles. The molecule has 0 aliphatic rings. The van der Waals surface area contributed by atoms with E-state index >= 15 is 0 Å². The van der Waals surface area contributed by atoms with E-state index in [2.05, 4.69) is 0 Å². The number of benzene rings is 2. The van der Waals surface area contributed by atoms with Gasteiger partial charge in [-0.1, -0.05) is 18.2 Å². The highest BCUT2D eigenvalue weighted by atomic mass is 19.1. The van der Waals surface area contributed by atoms with E-state index in [1.165, 1.54) is 18.2 Å².